The number of likely N-dealkylation sites (N-methyl/N-ethyl adjacent to an activating group) is 2. The molecule has 8 heterocycles. The first-order valence-electron chi connectivity index (χ1n) is 27.5. The summed E-state index contributed by atoms with van der Waals surface area (Å²) in [6.45, 7) is 9.53. The fourth-order valence-corrected chi connectivity index (χ4v) is 15.1. The number of nitrogens with zero attached hydrogens (tertiary/aromatic N) is 9. The van der Waals surface area contributed by atoms with Gasteiger partial charge in [0.1, 0.15) is 11.6 Å². The maximum atomic E-state index is 10.7. The van der Waals surface area contributed by atoms with Gasteiger partial charge in [-0.15, -0.1) is 0 Å². The number of pyridine rings is 2. The number of H-pyrrole nitrogens is 1. The molecule has 7 saturated carbocycles. The van der Waals surface area contributed by atoms with Gasteiger partial charge in [0.05, 0.1) is 63.3 Å². The summed E-state index contributed by atoms with van der Waals surface area (Å²) >= 11 is 2.32. The first kappa shape index (κ1) is 50.6. The Bertz CT molecular complexity index is 3220. The highest BCUT2D eigenvalue weighted by Gasteiger charge is 2.76. The summed E-state index contributed by atoms with van der Waals surface area (Å²) in [5.74, 6) is 2.01. The molecule has 0 radical (unpaired) electrons. The second-order valence-electron chi connectivity index (χ2n) is 25.3. The van der Waals surface area contributed by atoms with E-state index in [0.29, 0.717) is 29.6 Å². The summed E-state index contributed by atoms with van der Waals surface area (Å²) < 4.78 is 3.19. The van der Waals surface area contributed by atoms with Crippen LogP contribution in [-0.4, -0.2) is 103 Å². The highest BCUT2D eigenvalue weighted by atomic mass is 127. The fourth-order valence-electron chi connectivity index (χ4n) is 14.7. The minimum atomic E-state index is -0.678. The molecule has 0 amide bonds. The third-order valence-electron chi connectivity index (χ3n) is 20.6. The molecule has 1 unspecified atom stereocenters. The van der Waals surface area contributed by atoms with Crippen LogP contribution in [0.1, 0.15) is 129 Å². The van der Waals surface area contributed by atoms with Crippen molar-refractivity contribution in [3.05, 3.63) is 100 Å². The number of halogens is 1. The predicted molar refractivity (Wildman–Crippen MR) is 301 cm³/mol. The van der Waals surface area contributed by atoms with Crippen LogP contribution in [0.2, 0.25) is 0 Å². The SMILES string of the molecule is CC(C)(O)C12CC(C1)N(c1cc(-n3ncc4ccc([C@]5(C#N)CC56CC6)cc43)ccn1)C2.CC(C)(O)C12CC(C1)N(c1cc(I)ccn1)C2.CNC1CCCC[C@H]1NC.N#C[C@@]1(c2ccc3cn[nH]c3c2)CC12CC2. The van der Waals surface area contributed by atoms with Gasteiger partial charge in [0.15, 0.2) is 0 Å². The zero-order chi connectivity index (χ0) is 52.4. The highest BCUT2D eigenvalue weighted by Crippen LogP contribution is 2.79. The smallest absolute Gasteiger partial charge is 0.130 e. The molecule has 4 saturated heterocycles. The average molecular weight is 1120 g/mol. The normalized spacial score (nSPS) is 31.4. The maximum Gasteiger partial charge on any atom is 0.130 e. The summed E-state index contributed by atoms with van der Waals surface area (Å²) in [6.07, 6.45) is 24.0. The van der Waals surface area contributed by atoms with Crippen LogP contribution in [0.5, 0.6) is 0 Å². The lowest BCUT2D eigenvalue weighted by molar-refractivity contribution is -0.0755. The van der Waals surface area contributed by atoms with Gasteiger partial charge in [-0.25, -0.2) is 14.6 Å². The number of hydrogen-bond donors (Lipinski definition) is 5. The van der Waals surface area contributed by atoms with Gasteiger partial charge in [-0.1, -0.05) is 37.1 Å². The van der Waals surface area contributed by atoms with E-state index in [-0.39, 0.29) is 27.1 Å². The van der Waals surface area contributed by atoms with Gasteiger partial charge < -0.3 is 30.6 Å². The number of anilines is 2. The van der Waals surface area contributed by atoms with Crippen LogP contribution in [0.25, 0.3) is 27.5 Å². The molecule has 2 aromatic carbocycles. The largest absolute Gasteiger partial charge is 0.390 e. The van der Waals surface area contributed by atoms with Gasteiger partial charge in [-0.2, -0.15) is 20.7 Å². The van der Waals surface area contributed by atoms with Crippen LogP contribution in [-0.2, 0) is 10.8 Å². The van der Waals surface area contributed by atoms with Crippen LogP contribution in [0.3, 0.4) is 0 Å². The summed E-state index contributed by atoms with van der Waals surface area (Å²) in [5, 5.41) is 60.9. The van der Waals surface area contributed by atoms with E-state index >= 15 is 0 Å². The molecule has 5 N–H and O–H groups in total. The van der Waals surface area contributed by atoms with Crippen molar-refractivity contribution < 1.29 is 10.2 Å². The Labute approximate surface area is 455 Å². The number of fused-ring (bicyclic) bond motifs is 4. The summed E-state index contributed by atoms with van der Waals surface area (Å²) in [4.78, 5) is 13.8. The van der Waals surface area contributed by atoms with Gasteiger partial charge in [0.2, 0.25) is 0 Å². The van der Waals surface area contributed by atoms with E-state index in [2.05, 4.69) is 143 Å². The van der Waals surface area contributed by atoms with Crippen molar-refractivity contribution in [2.45, 2.75) is 164 Å². The standard InChI is InChI=1S/C26H27N5O.C13H17IN2O.C13H11N3.C8H18N2/c1-23(2,32)25-11-20(12-25)30(16-25)22-10-19(5-8-28-22)31-21-9-18(4-3-17(21)13-29-31)26(15-27)14-24(26)6-7-24;1-12(2,17)13-6-10(7-13)16(8-13)11-5-9(14)3-4-15-11;14-8-13(7-12(13)3-4-12)10-2-1-9-6-15-16-11(9)5-10;1-9-7-5-3-4-6-8(7)10-2/h3-5,8-10,13,20,32H,6-7,11-12,14,16H2,1-2H3;3-5,10,17H,6-8H2,1-2H3;1-2,5-6H,3-4,7H2,(H,15,16);7-10H,3-6H2,1-2H3/t20?,25?,26-;;13-;7-,8?/m1.11/s1. The Morgan fingerprint density at radius 2 is 1.20 bits per heavy atom. The lowest BCUT2D eigenvalue weighted by Gasteiger charge is -2.45. The van der Waals surface area contributed by atoms with E-state index in [1.54, 1.807) is 0 Å². The van der Waals surface area contributed by atoms with Crippen molar-refractivity contribution in [2.24, 2.45) is 21.7 Å². The number of aliphatic hydroxyl groups is 2. The molecule has 6 aromatic rings. The lowest BCUT2D eigenvalue weighted by Crippen LogP contribution is -2.50. The molecule has 7 aliphatic carbocycles. The zero-order valence-corrected chi connectivity index (χ0v) is 46.7. The Kier molecular flexibility index (Phi) is 12.1. The Morgan fingerprint density at radius 1 is 0.680 bits per heavy atom. The van der Waals surface area contributed by atoms with Crippen molar-refractivity contribution in [1.29, 1.82) is 10.5 Å². The Balaban J connectivity index is 0.000000112. The molecule has 4 atom stereocenters. The zero-order valence-electron chi connectivity index (χ0n) is 44.5. The first-order valence-corrected chi connectivity index (χ1v) is 28.6. The van der Waals surface area contributed by atoms with E-state index in [4.69, 9.17) is 0 Å². The molecule has 4 bridgehead atoms. The van der Waals surface area contributed by atoms with Gasteiger partial charge in [0.25, 0.3) is 0 Å². The molecule has 4 aliphatic heterocycles. The molecule has 75 heavy (non-hydrogen) atoms. The van der Waals surface area contributed by atoms with Gasteiger partial charge >= 0.3 is 0 Å². The van der Waals surface area contributed by atoms with Crippen LogP contribution in [0.4, 0.5) is 11.6 Å². The Morgan fingerprint density at radius 3 is 1.68 bits per heavy atom. The lowest BCUT2D eigenvalue weighted by atomic mass is 9.61. The number of benzene rings is 2. The summed E-state index contributed by atoms with van der Waals surface area (Å²) in [5.41, 5.74) is 4.25. The van der Waals surface area contributed by atoms with Crippen molar-refractivity contribution in [3.63, 3.8) is 0 Å². The van der Waals surface area contributed by atoms with E-state index in [1.165, 1.54) is 60.5 Å². The van der Waals surface area contributed by atoms with Crippen molar-refractivity contribution in [2.75, 3.05) is 37.0 Å². The molecule has 17 rings (SSSR count). The number of nitrogens with one attached hydrogen (secondary N) is 3. The third-order valence-corrected chi connectivity index (χ3v) is 21.2. The molecule has 392 valence electrons. The van der Waals surface area contributed by atoms with Crippen molar-refractivity contribution >= 4 is 56.0 Å². The van der Waals surface area contributed by atoms with Crippen LogP contribution >= 0.6 is 22.6 Å². The third kappa shape index (κ3) is 8.27. The highest BCUT2D eigenvalue weighted by molar-refractivity contribution is 14.1. The number of rotatable bonds is 9. The molecule has 2 spiro atoms. The van der Waals surface area contributed by atoms with Crippen LogP contribution < -0.4 is 20.4 Å². The first-order chi connectivity index (χ1) is 35.9. The maximum absolute atomic E-state index is 10.7. The molecule has 14 nitrogen and oxygen atoms in total. The van der Waals surface area contributed by atoms with E-state index in [1.807, 2.05) is 69.3 Å². The second-order valence-corrected chi connectivity index (χ2v) is 26.5. The van der Waals surface area contributed by atoms with Crippen molar-refractivity contribution in [1.82, 2.24) is 40.6 Å². The Hall–Kier alpha value is -5.17. The van der Waals surface area contributed by atoms with Crippen LogP contribution in [0, 0.1) is 47.9 Å². The molecule has 4 aromatic heterocycles. The topological polar surface area (TPSA) is 191 Å². The predicted octanol–water partition coefficient (Wildman–Crippen LogP) is 9.78. The van der Waals surface area contributed by atoms with Gasteiger partial charge in [0, 0.05) is 80.9 Å². The summed E-state index contributed by atoms with van der Waals surface area (Å²) in [7, 11) is 4.11. The minimum Gasteiger partial charge on any atom is -0.390 e. The van der Waals surface area contributed by atoms with Gasteiger partial charge in [-0.05, 0) is 194 Å². The number of aromatic nitrogens is 6. The summed E-state index contributed by atoms with van der Waals surface area (Å²) in [6, 6.07) is 28.5. The minimum absolute atomic E-state index is 0.0305. The number of nitriles is 2. The molecular weight excluding hydrogens is 1050 g/mol. The van der Waals surface area contributed by atoms with E-state index in [0.717, 1.165) is 96.3 Å². The molecule has 15 heteroatoms. The molecule has 11 aliphatic rings. The molecule has 11 fully saturated rings. The van der Waals surface area contributed by atoms with Crippen molar-refractivity contribution in [3.8, 4) is 17.8 Å². The fraction of sp³-hybridized carbons (Fsp3) is 0.567. The number of hydrogen-bond acceptors (Lipinski definition) is 12. The average Bonchev–Trinajstić information content (AvgIpc) is 4.32. The monoisotopic (exact) mass is 1120 g/mol. The van der Waals surface area contributed by atoms with Crippen LogP contribution in [0.15, 0.2) is 85.5 Å². The second kappa shape index (κ2) is 17.9. The van der Waals surface area contributed by atoms with Gasteiger partial charge in [-0.3, -0.25) is 5.10 Å². The number of aromatic amines is 1. The quantitative estimate of drug-likeness (QED) is 0.0863. The molecular formula is C60H73IN12O2. The van der Waals surface area contributed by atoms with E-state index in [9.17, 15) is 20.7 Å². The van der Waals surface area contributed by atoms with E-state index < -0.39 is 11.2 Å².